The van der Waals surface area contributed by atoms with Crippen molar-refractivity contribution in [1.29, 1.82) is 0 Å². The van der Waals surface area contributed by atoms with Gasteiger partial charge in [-0.25, -0.2) is 0 Å². The van der Waals surface area contributed by atoms with Crippen LogP contribution < -0.4 is 4.90 Å². The van der Waals surface area contributed by atoms with E-state index in [1.165, 1.54) is 4.90 Å². The fraction of sp³-hybridized carbons (Fsp3) is 0.545. The van der Waals surface area contributed by atoms with Gasteiger partial charge < -0.3 is 14.2 Å². The molecular weight excluding hydrogens is 272 g/mol. The molecule has 1 atom stereocenters. The Balaban J connectivity index is 2.04. The van der Waals surface area contributed by atoms with Gasteiger partial charge in [0.1, 0.15) is 0 Å². The molecule has 0 radical (unpaired) electrons. The number of hydrogen-bond acceptors (Lipinski definition) is 2. The van der Waals surface area contributed by atoms with Crippen LogP contribution in [-0.2, 0) is 0 Å². The molecule has 0 aromatic carbocycles. The highest BCUT2D eigenvalue weighted by molar-refractivity contribution is 9.10. The van der Waals surface area contributed by atoms with Crippen molar-refractivity contribution in [3.05, 3.63) is 22.6 Å². The van der Waals surface area contributed by atoms with Crippen LogP contribution in [0.5, 0.6) is 0 Å². The third-order valence-electron chi connectivity index (χ3n) is 2.91. The maximum atomic E-state index is 12.1. The van der Waals surface area contributed by atoms with Gasteiger partial charge in [-0.05, 0) is 28.1 Å². The summed E-state index contributed by atoms with van der Waals surface area (Å²) >= 11 is 3.21. The Morgan fingerprint density at radius 3 is 2.94 bits per heavy atom. The predicted molar refractivity (Wildman–Crippen MR) is 63.5 cm³/mol. The largest absolute Gasteiger partial charge is 0.444 e. The minimum absolute atomic E-state index is 0.000370. The van der Waals surface area contributed by atoms with Gasteiger partial charge in [0.2, 0.25) is 0 Å². The monoisotopic (exact) mass is 287 g/mol. The van der Waals surface area contributed by atoms with Crippen LogP contribution >= 0.6 is 15.9 Å². The Kier molecular flexibility index (Phi) is 3.66. The molecule has 1 N–H and O–H groups in total. The van der Waals surface area contributed by atoms with E-state index < -0.39 is 0 Å². The van der Waals surface area contributed by atoms with Crippen molar-refractivity contribution < 1.29 is 14.1 Å². The lowest BCUT2D eigenvalue weighted by molar-refractivity contribution is -0.877. The second-order valence-corrected chi connectivity index (χ2v) is 4.99. The first kappa shape index (κ1) is 11.7. The Morgan fingerprint density at radius 1 is 1.44 bits per heavy atom. The molecule has 1 amide bonds. The van der Waals surface area contributed by atoms with Crippen LogP contribution in [0, 0.1) is 0 Å². The van der Waals surface area contributed by atoms with Gasteiger partial charge in [0, 0.05) is 13.0 Å². The Morgan fingerprint density at radius 2 is 2.25 bits per heavy atom. The summed E-state index contributed by atoms with van der Waals surface area (Å²) in [6.45, 7) is 3.77. The number of halogens is 1. The Hall–Kier alpha value is -0.810. The fourth-order valence-corrected chi connectivity index (χ4v) is 2.23. The zero-order chi connectivity index (χ0) is 11.5. The first-order valence-electron chi connectivity index (χ1n) is 5.53. The molecule has 2 rings (SSSR count). The van der Waals surface area contributed by atoms with Crippen LogP contribution in [0.1, 0.15) is 17.0 Å². The number of carbonyl (C=O) groups excluding carboxylic acids is 1. The van der Waals surface area contributed by atoms with E-state index in [1.807, 2.05) is 4.90 Å². The molecule has 0 spiro atoms. The van der Waals surface area contributed by atoms with Gasteiger partial charge in [0.05, 0.1) is 26.7 Å². The molecule has 0 aliphatic carbocycles. The summed E-state index contributed by atoms with van der Waals surface area (Å²) in [6.07, 6.45) is 1.06. The number of amides is 1. The van der Waals surface area contributed by atoms with Crippen LogP contribution in [0.3, 0.4) is 0 Å². The van der Waals surface area contributed by atoms with Crippen LogP contribution in [0.4, 0.5) is 0 Å². The maximum absolute atomic E-state index is 12.1. The summed E-state index contributed by atoms with van der Waals surface area (Å²) in [6, 6.07) is 3.47. The molecule has 1 saturated heterocycles. The van der Waals surface area contributed by atoms with E-state index in [0.29, 0.717) is 10.4 Å². The summed E-state index contributed by atoms with van der Waals surface area (Å²) < 4.78 is 5.89. The molecule has 1 aromatic heterocycles. The second-order valence-electron chi connectivity index (χ2n) is 4.21. The van der Waals surface area contributed by atoms with Crippen molar-refractivity contribution in [1.82, 2.24) is 4.90 Å². The number of likely N-dealkylation sites (N-methyl/N-ethyl adjacent to an activating group) is 1. The molecule has 0 bridgehead atoms. The van der Waals surface area contributed by atoms with Gasteiger partial charge in [-0.15, -0.1) is 0 Å². The van der Waals surface area contributed by atoms with Gasteiger partial charge in [-0.2, -0.15) is 0 Å². The van der Waals surface area contributed by atoms with Crippen molar-refractivity contribution in [2.75, 3.05) is 33.2 Å². The van der Waals surface area contributed by atoms with Crippen LogP contribution in [0.25, 0.3) is 0 Å². The zero-order valence-corrected chi connectivity index (χ0v) is 10.9. The van der Waals surface area contributed by atoms with Crippen molar-refractivity contribution in [2.45, 2.75) is 6.42 Å². The highest BCUT2D eigenvalue weighted by atomic mass is 79.9. The minimum atomic E-state index is 0.000370. The van der Waals surface area contributed by atoms with Gasteiger partial charge in [0.15, 0.2) is 10.4 Å². The Bertz CT molecular complexity index is 378. The molecule has 88 valence electrons. The SMILES string of the molecule is C[NH+]1CCCN(C(=O)c2ccc(Br)o2)CC1. The van der Waals surface area contributed by atoms with E-state index in [1.54, 1.807) is 12.1 Å². The van der Waals surface area contributed by atoms with Gasteiger partial charge in [-0.1, -0.05) is 0 Å². The Labute approximate surface area is 103 Å². The molecule has 1 aliphatic rings. The smallest absolute Gasteiger partial charge is 0.289 e. The van der Waals surface area contributed by atoms with Crippen molar-refractivity contribution in [3.63, 3.8) is 0 Å². The van der Waals surface area contributed by atoms with E-state index >= 15 is 0 Å². The van der Waals surface area contributed by atoms with Crippen molar-refractivity contribution in [2.24, 2.45) is 0 Å². The molecular formula is C11H16BrN2O2+. The maximum Gasteiger partial charge on any atom is 0.289 e. The summed E-state index contributed by atoms with van der Waals surface area (Å²) in [7, 11) is 2.16. The first-order chi connectivity index (χ1) is 7.66. The topological polar surface area (TPSA) is 37.9 Å². The van der Waals surface area contributed by atoms with Gasteiger partial charge in [0.25, 0.3) is 5.91 Å². The van der Waals surface area contributed by atoms with E-state index in [-0.39, 0.29) is 5.91 Å². The highest BCUT2D eigenvalue weighted by Gasteiger charge is 2.22. The summed E-state index contributed by atoms with van der Waals surface area (Å²) in [5.41, 5.74) is 0. The number of hydrogen-bond donors (Lipinski definition) is 1. The number of nitrogens with one attached hydrogen (secondary N) is 1. The number of furan rings is 1. The highest BCUT2D eigenvalue weighted by Crippen LogP contribution is 2.15. The number of nitrogens with zero attached hydrogens (tertiary/aromatic N) is 1. The van der Waals surface area contributed by atoms with E-state index in [0.717, 1.165) is 32.6 Å². The molecule has 1 unspecified atom stereocenters. The van der Waals surface area contributed by atoms with Gasteiger partial charge in [-0.3, -0.25) is 4.79 Å². The van der Waals surface area contributed by atoms with Crippen LogP contribution in [0.15, 0.2) is 21.2 Å². The fourth-order valence-electron chi connectivity index (χ4n) is 1.92. The van der Waals surface area contributed by atoms with Crippen LogP contribution in [-0.4, -0.2) is 44.0 Å². The summed E-state index contributed by atoms with van der Waals surface area (Å²) in [4.78, 5) is 15.4. The lowest BCUT2D eigenvalue weighted by Gasteiger charge is -2.17. The quantitative estimate of drug-likeness (QED) is 0.812. The summed E-state index contributed by atoms with van der Waals surface area (Å²) in [5.74, 6) is 0.423. The summed E-state index contributed by atoms with van der Waals surface area (Å²) in [5, 5.41) is 0. The van der Waals surface area contributed by atoms with E-state index in [4.69, 9.17) is 4.42 Å². The predicted octanol–water partition coefficient (Wildman–Crippen LogP) is 0.403. The molecule has 1 aliphatic heterocycles. The molecule has 2 heterocycles. The van der Waals surface area contributed by atoms with E-state index in [2.05, 4.69) is 23.0 Å². The second kappa shape index (κ2) is 5.01. The lowest BCUT2D eigenvalue weighted by atomic mass is 10.3. The van der Waals surface area contributed by atoms with Gasteiger partial charge >= 0.3 is 0 Å². The van der Waals surface area contributed by atoms with E-state index in [9.17, 15) is 4.79 Å². The number of quaternary nitrogens is 1. The standard InChI is InChI=1S/C11H15BrN2O2/c1-13-5-2-6-14(8-7-13)11(15)9-3-4-10(12)16-9/h3-4H,2,5-8H2,1H3/p+1. The molecule has 0 saturated carbocycles. The average Bonchev–Trinajstić information content (AvgIpc) is 2.57. The van der Waals surface area contributed by atoms with Crippen molar-refractivity contribution in [3.8, 4) is 0 Å². The zero-order valence-electron chi connectivity index (χ0n) is 9.33. The normalized spacial score (nSPS) is 21.9. The van der Waals surface area contributed by atoms with Crippen LogP contribution in [0.2, 0.25) is 0 Å². The molecule has 1 aromatic rings. The average molecular weight is 288 g/mol. The third-order valence-corrected chi connectivity index (χ3v) is 3.34. The lowest BCUT2D eigenvalue weighted by Crippen LogP contribution is -3.09. The molecule has 1 fully saturated rings. The molecule has 4 nitrogen and oxygen atoms in total. The number of carbonyl (C=O) groups is 1. The first-order valence-corrected chi connectivity index (χ1v) is 6.32. The van der Waals surface area contributed by atoms with Crippen molar-refractivity contribution >= 4 is 21.8 Å². The molecule has 5 heteroatoms. The number of rotatable bonds is 1. The third kappa shape index (κ3) is 2.65. The molecule has 16 heavy (non-hydrogen) atoms. The minimum Gasteiger partial charge on any atom is -0.444 e.